The van der Waals surface area contributed by atoms with Gasteiger partial charge in [-0.2, -0.15) is 5.10 Å². The Labute approximate surface area is 118 Å². The zero-order valence-electron chi connectivity index (χ0n) is 11.4. The number of aromatic nitrogens is 2. The predicted molar refractivity (Wildman–Crippen MR) is 78.2 cm³/mol. The summed E-state index contributed by atoms with van der Waals surface area (Å²) >= 11 is 0. The van der Waals surface area contributed by atoms with Crippen molar-refractivity contribution in [3.05, 3.63) is 53.9 Å². The molecule has 0 amide bonds. The summed E-state index contributed by atoms with van der Waals surface area (Å²) in [5.74, 6) is 0.498. The quantitative estimate of drug-likeness (QED) is 0.685. The van der Waals surface area contributed by atoms with Gasteiger partial charge in [-0.1, -0.05) is 35.5 Å². The van der Waals surface area contributed by atoms with Crippen molar-refractivity contribution < 1.29 is 5.21 Å². The van der Waals surface area contributed by atoms with E-state index in [9.17, 15) is 0 Å². The van der Waals surface area contributed by atoms with E-state index in [4.69, 9.17) is 10.3 Å². The smallest absolute Gasteiger partial charge is 0.0659 e. The van der Waals surface area contributed by atoms with Crippen LogP contribution in [0, 0.1) is 0 Å². The highest BCUT2D eigenvalue weighted by molar-refractivity contribution is 5.84. The van der Waals surface area contributed by atoms with Crippen LogP contribution >= 0.6 is 0 Å². The number of nitrogens with zero attached hydrogens (tertiary/aromatic N) is 3. The lowest BCUT2D eigenvalue weighted by Crippen LogP contribution is -2.13. The average Bonchev–Trinajstić information content (AvgIpc) is 2.97. The monoisotopic (exact) mass is 269 g/mol. The first-order chi connectivity index (χ1) is 9.85. The van der Waals surface area contributed by atoms with Crippen molar-refractivity contribution in [2.75, 3.05) is 0 Å². The largest absolute Gasteiger partial charge is 0.411 e. The van der Waals surface area contributed by atoms with Crippen molar-refractivity contribution in [2.45, 2.75) is 38.1 Å². The molecule has 0 bridgehead atoms. The van der Waals surface area contributed by atoms with Gasteiger partial charge in [0.2, 0.25) is 0 Å². The van der Waals surface area contributed by atoms with Gasteiger partial charge in [-0.15, -0.1) is 0 Å². The molecule has 0 radical (unpaired) electrons. The van der Waals surface area contributed by atoms with Gasteiger partial charge in [-0.25, -0.2) is 0 Å². The first-order valence-corrected chi connectivity index (χ1v) is 7.12. The summed E-state index contributed by atoms with van der Waals surface area (Å²) in [6.45, 7) is 0.816. The Morgan fingerprint density at radius 2 is 1.90 bits per heavy atom. The van der Waals surface area contributed by atoms with Gasteiger partial charge in [0.1, 0.15) is 0 Å². The Hall–Kier alpha value is -2.10. The van der Waals surface area contributed by atoms with E-state index in [1.165, 1.54) is 5.56 Å². The van der Waals surface area contributed by atoms with Crippen LogP contribution in [0.15, 0.2) is 47.8 Å². The van der Waals surface area contributed by atoms with E-state index in [0.29, 0.717) is 5.92 Å². The van der Waals surface area contributed by atoms with Crippen LogP contribution in [0.4, 0.5) is 0 Å². The van der Waals surface area contributed by atoms with Gasteiger partial charge >= 0.3 is 0 Å². The van der Waals surface area contributed by atoms with E-state index in [-0.39, 0.29) is 0 Å². The summed E-state index contributed by atoms with van der Waals surface area (Å²) in [5.41, 5.74) is 3.35. The molecule has 1 saturated carbocycles. The molecule has 4 heteroatoms. The van der Waals surface area contributed by atoms with Crippen LogP contribution in [0.2, 0.25) is 0 Å². The lowest BCUT2D eigenvalue weighted by Gasteiger charge is -2.20. The maximum atomic E-state index is 8.78. The number of oxime groups is 1. The molecule has 1 N–H and O–H groups in total. The normalized spacial score (nSPS) is 19.0. The first-order valence-electron chi connectivity index (χ1n) is 7.12. The molecule has 1 aliphatic carbocycles. The fraction of sp³-hybridized carbons (Fsp3) is 0.375. The van der Waals surface area contributed by atoms with Crippen molar-refractivity contribution in [1.29, 1.82) is 0 Å². The summed E-state index contributed by atoms with van der Waals surface area (Å²) in [6, 6.07) is 12.5. The van der Waals surface area contributed by atoms with E-state index in [1.54, 1.807) is 0 Å². The minimum absolute atomic E-state index is 0.498. The highest BCUT2D eigenvalue weighted by atomic mass is 16.4. The summed E-state index contributed by atoms with van der Waals surface area (Å²) in [4.78, 5) is 0. The van der Waals surface area contributed by atoms with Crippen molar-refractivity contribution >= 4 is 5.71 Å². The van der Waals surface area contributed by atoms with E-state index < -0.39 is 0 Å². The van der Waals surface area contributed by atoms with E-state index in [1.807, 2.05) is 10.7 Å². The van der Waals surface area contributed by atoms with Gasteiger partial charge in [0.15, 0.2) is 0 Å². The second-order valence-corrected chi connectivity index (χ2v) is 5.36. The molecule has 0 aliphatic heterocycles. The van der Waals surface area contributed by atoms with Gasteiger partial charge in [0, 0.05) is 12.1 Å². The molecule has 0 spiro atoms. The van der Waals surface area contributed by atoms with Crippen LogP contribution in [-0.2, 0) is 6.54 Å². The predicted octanol–water partition coefficient (Wildman–Crippen LogP) is 3.42. The summed E-state index contributed by atoms with van der Waals surface area (Å²) < 4.78 is 2.00. The Morgan fingerprint density at radius 1 is 1.15 bits per heavy atom. The molecule has 20 heavy (non-hydrogen) atoms. The molecule has 4 nitrogen and oxygen atoms in total. The van der Waals surface area contributed by atoms with Gasteiger partial charge in [0.05, 0.1) is 18.0 Å². The molecule has 1 aliphatic rings. The van der Waals surface area contributed by atoms with Gasteiger partial charge in [-0.05, 0) is 37.3 Å². The van der Waals surface area contributed by atoms with Gasteiger partial charge < -0.3 is 5.21 Å². The molecule has 0 unspecified atom stereocenters. The summed E-state index contributed by atoms with van der Waals surface area (Å²) in [7, 11) is 0. The minimum Gasteiger partial charge on any atom is -0.411 e. The van der Waals surface area contributed by atoms with Crippen molar-refractivity contribution in [3.8, 4) is 0 Å². The zero-order chi connectivity index (χ0) is 13.8. The Bertz CT molecular complexity index is 579. The molecule has 3 rings (SSSR count). The third-order valence-corrected chi connectivity index (χ3v) is 3.97. The third kappa shape index (κ3) is 2.90. The third-order valence-electron chi connectivity index (χ3n) is 3.97. The SMILES string of the molecule is ON=C1CCC(c2ccn(Cc3ccccc3)n2)CC1. The summed E-state index contributed by atoms with van der Waals surface area (Å²) in [6.07, 6.45) is 5.88. The molecule has 0 saturated heterocycles. The Kier molecular flexibility index (Phi) is 3.81. The lowest BCUT2D eigenvalue weighted by atomic mass is 9.86. The lowest BCUT2D eigenvalue weighted by molar-refractivity contribution is 0.313. The summed E-state index contributed by atoms with van der Waals surface area (Å²) in [5, 5.41) is 16.8. The topological polar surface area (TPSA) is 50.4 Å². The second kappa shape index (κ2) is 5.90. The van der Waals surface area contributed by atoms with Crippen molar-refractivity contribution in [1.82, 2.24) is 9.78 Å². The highest BCUT2D eigenvalue weighted by Gasteiger charge is 2.21. The molecule has 104 valence electrons. The molecular formula is C16H19N3O. The standard InChI is InChI=1S/C16H19N3O/c20-18-15-8-6-14(7-9-15)16-10-11-19(17-16)12-13-4-2-1-3-5-13/h1-5,10-11,14,20H,6-9,12H2. The van der Waals surface area contributed by atoms with Crippen LogP contribution in [-0.4, -0.2) is 20.7 Å². The number of benzene rings is 1. The average molecular weight is 269 g/mol. The van der Waals surface area contributed by atoms with Gasteiger partial charge in [-0.3, -0.25) is 4.68 Å². The van der Waals surface area contributed by atoms with E-state index in [2.05, 4.69) is 41.7 Å². The molecule has 1 aromatic carbocycles. The van der Waals surface area contributed by atoms with E-state index >= 15 is 0 Å². The molecule has 1 aromatic heterocycles. The van der Waals surface area contributed by atoms with Crippen LogP contribution in [0.3, 0.4) is 0 Å². The van der Waals surface area contributed by atoms with Gasteiger partial charge in [0.25, 0.3) is 0 Å². The fourth-order valence-electron chi connectivity index (χ4n) is 2.80. The number of rotatable bonds is 3. The molecule has 2 aromatic rings. The van der Waals surface area contributed by atoms with Crippen molar-refractivity contribution in [2.24, 2.45) is 5.16 Å². The maximum Gasteiger partial charge on any atom is 0.0659 e. The van der Waals surface area contributed by atoms with Crippen LogP contribution in [0.25, 0.3) is 0 Å². The van der Waals surface area contributed by atoms with E-state index in [0.717, 1.165) is 43.6 Å². The minimum atomic E-state index is 0.498. The first kappa shape index (κ1) is 12.9. The fourth-order valence-corrected chi connectivity index (χ4v) is 2.80. The molecule has 0 atom stereocenters. The molecule has 1 fully saturated rings. The number of hydrogen-bond donors (Lipinski definition) is 1. The maximum absolute atomic E-state index is 8.78. The van der Waals surface area contributed by atoms with Crippen molar-refractivity contribution in [3.63, 3.8) is 0 Å². The highest BCUT2D eigenvalue weighted by Crippen LogP contribution is 2.30. The Balaban J connectivity index is 1.65. The van der Waals surface area contributed by atoms with Crippen LogP contribution in [0.1, 0.15) is 42.9 Å². The molecule has 1 heterocycles. The number of hydrogen-bond acceptors (Lipinski definition) is 3. The second-order valence-electron chi connectivity index (χ2n) is 5.36. The van der Waals surface area contributed by atoms with Crippen LogP contribution < -0.4 is 0 Å². The Morgan fingerprint density at radius 3 is 2.60 bits per heavy atom. The zero-order valence-corrected chi connectivity index (χ0v) is 11.4. The van der Waals surface area contributed by atoms with Crippen LogP contribution in [0.5, 0.6) is 0 Å². The molecular weight excluding hydrogens is 250 g/mol.